The fourth-order valence-corrected chi connectivity index (χ4v) is 5.34. The first-order chi connectivity index (χ1) is 16.1. The van der Waals surface area contributed by atoms with Gasteiger partial charge in [-0.15, -0.1) is 0 Å². The van der Waals surface area contributed by atoms with E-state index in [2.05, 4.69) is 94.9 Å². The molecule has 2 fully saturated rings. The predicted molar refractivity (Wildman–Crippen MR) is 140 cm³/mol. The molecular formula is C28H43N5. The van der Waals surface area contributed by atoms with Crippen molar-refractivity contribution in [3.63, 3.8) is 0 Å². The van der Waals surface area contributed by atoms with Crippen LogP contribution in [0.25, 0.3) is 0 Å². The summed E-state index contributed by atoms with van der Waals surface area (Å²) in [4.78, 5) is 7.48. The van der Waals surface area contributed by atoms with Crippen LogP contribution in [-0.4, -0.2) is 81.8 Å². The SMILES string of the molecule is CCC(Cc1ccc(CN2CCNCC2)cc1)(Cc1ccc(N2CCNCC2)cc1)N(C)C. The van der Waals surface area contributed by atoms with Gasteiger partial charge in [0, 0.05) is 70.1 Å². The summed E-state index contributed by atoms with van der Waals surface area (Å²) in [6.45, 7) is 12.3. The average molecular weight is 450 g/mol. The van der Waals surface area contributed by atoms with Crippen LogP contribution in [0.15, 0.2) is 48.5 Å². The summed E-state index contributed by atoms with van der Waals surface area (Å²) >= 11 is 0. The van der Waals surface area contributed by atoms with Crippen LogP contribution < -0.4 is 15.5 Å². The van der Waals surface area contributed by atoms with Crippen molar-refractivity contribution in [3.8, 4) is 0 Å². The largest absolute Gasteiger partial charge is 0.369 e. The molecular weight excluding hydrogens is 406 g/mol. The van der Waals surface area contributed by atoms with Gasteiger partial charge in [-0.25, -0.2) is 0 Å². The molecule has 2 aliphatic heterocycles. The highest BCUT2D eigenvalue weighted by atomic mass is 15.2. The summed E-state index contributed by atoms with van der Waals surface area (Å²) in [7, 11) is 4.49. The van der Waals surface area contributed by atoms with Crippen LogP contribution in [0.5, 0.6) is 0 Å². The van der Waals surface area contributed by atoms with Gasteiger partial charge in [0.25, 0.3) is 0 Å². The summed E-state index contributed by atoms with van der Waals surface area (Å²) in [6.07, 6.45) is 3.27. The van der Waals surface area contributed by atoms with Gasteiger partial charge < -0.3 is 20.4 Å². The Kier molecular flexibility index (Phi) is 8.42. The van der Waals surface area contributed by atoms with E-state index in [1.54, 1.807) is 0 Å². The lowest BCUT2D eigenvalue weighted by Gasteiger charge is -2.40. The standard InChI is InChI=1S/C28H43N5/c1-4-28(31(2)3,22-25-9-11-27(12-10-25)33-19-15-30-16-20-33)21-24-5-7-26(8-6-24)23-32-17-13-29-14-18-32/h5-12,29-30H,4,13-23H2,1-3H3. The molecule has 4 rings (SSSR count). The third kappa shape index (κ3) is 6.36. The van der Waals surface area contributed by atoms with E-state index in [-0.39, 0.29) is 5.54 Å². The molecule has 2 saturated heterocycles. The first-order valence-corrected chi connectivity index (χ1v) is 12.8. The minimum absolute atomic E-state index is 0.122. The van der Waals surface area contributed by atoms with Gasteiger partial charge in [-0.2, -0.15) is 0 Å². The van der Waals surface area contributed by atoms with Gasteiger partial charge >= 0.3 is 0 Å². The molecule has 5 nitrogen and oxygen atoms in total. The van der Waals surface area contributed by atoms with Gasteiger partial charge in [-0.05, 0) is 62.2 Å². The topological polar surface area (TPSA) is 33.8 Å². The molecule has 2 aromatic rings. The van der Waals surface area contributed by atoms with Crippen molar-refractivity contribution >= 4 is 5.69 Å². The Hall–Kier alpha value is -1.92. The molecule has 2 heterocycles. The zero-order valence-electron chi connectivity index (χ0n) is 20.9. The monoisotopic (exact) mass is 449 g/mol. The van der Waals surface area contributed by atoms with Crippen molar-refractivity contribution in [1.29, 1.82) is 0 Å². The Bertz CT molecular complexity index is 836. The maximum absolute atomic E-state index is 3.44. The number of anilines is 1. The average Bonchev–Trinajstić information content (AvgIpc) is 2.86. The van der Waals surface area contributed by atoms with Gasteiger partial charge in [0.1, 0.15) is 0 Å². The molecule has 0 spiro atoms. The molecule has 1 atom stereocenters. The smallest absolute Gasteiger partial charge is 0.0367 e. The number of piperazine rings is 2. The van der Waals surface area contributed by atoms with Crippen molar-refractivity contribution in [2.45, 2.75) is 38.3 Å². The molecule has 0 bridgehead atoms. The predicted octanol–water partition coefficient (Wildman–Crippen LogP) is 3.00. The summed E-state index contributed by atoms with van der Waals surface area (Å²) in [5.74, 6) is 0. The van der Waals surface area contributed by atoms with E-state index in [9.17, 15) is 0 Å². The first kappa shape index (κ1) is 24.2. The van der Waals surface area contributed by atoms with Crippen molar-refractivity contribution < 1.29 is 0 Å². The molecule has 1 unspecified atom stereocenters. The Labute approximate surface area is 201 Å². The van der Waals surface area contributed by atoms with E-state index in [4.69, 9.17) is 0 Å². The van der Waals surface area contributed by atoms with Crippen molar-refractivity contribution in [2.75, 3.05) is 71.4 Å². The highest BCUT2D eigenvalue weighted by molar-refractivity contribution is 5.48. The third-order valence-corrected chi connectivity index (χ3v) is 7.73. The van der Waals surface area contributed by atoms with Crippen molar-refractivity contribution in [2.24, 2.45) is 0 Å². The van der Waals surface area contributed by atoms with Gasteiger partial charge in [0.05, 0.1) is 0 Å². The molecule has 33 heavy (non-hydrogen) atoms. The van der Waals surface area contributed by atoms with Crippen LogP contribution in [0, 0.1) is 0 Å². The summed E-state index contributed by atoms with van der Waals surface area (Å²) in [6, 6.07) is 18.7. The lowest BCUT2D eigenvalue weighted by molar-refractivity contribution is 0.143. The van der Waals surface area contributed by atoms with Crippen LogP contribution in [-0.2, 0) is 19.4 Å². The Balaban J connectivity index is 1.42. The van der Waals surface area contributed by atoms with E-state index in [1.165, 1.54) is 22.4 Å². The Morgan fingerprint density at radius 1 is 0.727 bits per heavy atom. The molecule has 5 heteroatoms. The molecule has 2 aliphatic rings. The second-order valence-corrected chi connectivity index (χ2v) is 10.1. The van der Waals surface area contributed by atoms with Crippen LogP contribution in [0.4, 0.5) is 5.69 Å². The van der Waals surface area contributed by atoms with Crippen LogP contribution in [0.1, 0.15) is 30.0 Å². The van der Waals surface area contributed by atoms with Crippen LogP contribution >= 0.6 is 0 Å². The maximum Gasteiger partial charge on any atom is 0.0367 e. The molecule has 0 aromatic heterocycles. The first-order valence-electron chi connectivity index (χ1n) is 12.8. The van der Waals surface area contributed by atoms with E-state index in [0.29, 0.717) is 0 Å². The molecule has 0 saturated carbocycles. The van der Waals surface area contributed by atoms with E-state index in [0.717, 1.165) is 78.2 Å². The summed E-state index contributed by atoms with van der Waals surface area (Å²) in [5.41, 5.74) is 5.77. The lowest BCUT2D eigenvalue weighted by atomic mass is 9.81. The van der Waals surface area contributed by atoms with Gasteiger partial charge in [0.15, 0.2) is 0 Å². The van der Waals surface area contributed by atoms with Gasteiger partial charge in [-0.3, -0.25) is 4.90 Å². The minimum Gasteiger partial charge on any atom is -0.369 e. The normalized spacial score (nSPS) is 19.6. The number of rotatable bonds is 9. The third-order valence-electron chi connectivity index (χ3n) is 7.73. The molecule has 0 amide bonds. The highest BCUT2D eigenvalue weighted by Gasteiger charge is 2.31. The second-order valence-electron chi connectivity index (χ2n) is 10.1. The van der Waals surface area contributed by atoms with Crippen LogP contribution in [0.3, 0.4) is 0 Å². The number of hydrogen-bond acceptors (Lipinski definition) is 5. The quantitative estimate of drug-likeness (QED) is 0.615. The molecule has 0 radical (unpaired) electrons. The number of nitrogens with one attached hydrogen (secondary N) is 2. The maximum atomic E-state index is 3.44. The Morgan fingerprint density at radius 3 is 1.73 bits per heavy atom. The zero-order valence-corrected chi connectivity index (χ0v) is 20.9. The lowest BCUT2D eigenvalue weighted by Crippen LogP contribution is -2.47. The fourth-order valence-electron chi connectivity index (χ4n) is 5.34. The number of likely N-dealkylation sites (N-methyl/N-ethyl adjacent to an activating group) is 1. The second kappa shape index (κ2) is 11.5. The van der Waals surface area contributed by atoms with Crippen molar-refractivity contribution in [3.05, 3.63) is 65.2 Å². The molecule has 0 aliphatic carbocycles. The van der Waals surface area contributed by atoms with E-state index >= 15 is 0 Å². The number of benzene rings is 2. The van der Waals surface area contributed by atoms with Gasteiger partial charge in [0.2, 0.25) is 0 Å². The highest BCUT2D eigenvalue weighted by Crippen LogP contribution is 2.29. The zero-order chi connectivity index (χ0) is 23.1. The number of nitrogens with zero attached hydrogens (tertiary/aromatic N) is 3. The van der Waals surface area contributed by atoms with E-state index in [1.807, 2.05) is 0 Å². The fraction of sp³-hybridized carbons (Fsp3) is 0.571. The molecule has 2 aromatic carbocycles. The van der Waals surface area contributed by atoms with Crippen LogP contribution in [0.2, 0.25) is 0 Å². The summed E-state index contributed by atoms with van der Waals surface area (Å²) < 4.78 is 0. The van der Waals surface area contributed by atoms with Gasteiger partial charge in [-0.1, -0.05) is 43.3 Å². The number of hydrogen-bond donors (Lipinski definition) is 2. The minimum atomic E-state index is 0.122. The van der Waals surface area contributed by atoms with E-state index < -0.39 is 0 Å². The van der Waals surface area contributed by atoms with Crippen molar-refractivity contribution in [1.82, 2.24) is 20.4 Å². The molecule has 180 valence electrons. The molecule has 2 N–H and O–H groups in total. The Morgan fingerprint density at radius 2 is 1.21 bits per heavy atom. The summed E-state index contributed by atoms with van der Waals surface area (Å²) in [5, 5.41) is 6.88.